The molecule has 1 nitrogen and oxygen atoms in total. The van der Waals surface area contributed by atoms with Crippen molar-refractivity contribution in [2.24, 2.45) is 17.8 Å². The molecule has 20 heavy (non-hydrogen) atoms. The number of benzene rings is 1. The van der Waals surface area contributed by atoms with Crippen LogP contribution in [0, 0.1) is 23.6 Å². The number of ketones is 1. The Bertz CT molecular complexity index is 465. The van der Waals surface area contributed by atoms with Crippen LogP contribution in [0.1, 0.15) is 50.5 Å². The van der Waals surface area contributed by atoms with Gasteiger partial charge in [0.15, 0.2) is 0 Å². The molecule has 0 aromatic heterocycles. The van der Waals surface area contributed by atoms with Crippen molar-refractivity contribution in [1.29, 1.82) is 0 Å². The zero-order valence-electron chi connectivity index (χ0n) is 12.0. The van der Waals surface area contributed by atoms with Gasteiger partial charge in [0.2, 0.25) is 0 Å². The molecule has 0 radical (unpaired) electrons. The maximum Gasteiger partial charge on any atom is 0.140 e. The van der Waals surface area contributed by atoms with Crippen LogP contribution in [0.15, 0.2) is 24.3 Å². The Morgan fingerprint density at radius 3 is 2.45 bits per heavy atom. The van der Waals surface area contributed by atoms with E-state index in [4.69, 9.17) is 0 Å². The van der Waals surface area contributed by atoms with Gasteiger partial charge in [0.1, 0.15) is 11.6 Å². The number of fused-ring (bicyclic) bond motifs is 1. The molecule has 2 saturated carbocycles. The van der Waals surface area contributed by atoms with Crippen molar-refractivity contribution in [3.05, 3.63) is 35.6 Å². The molecule has 2 aliphatic carbocycles. The molecule has 0 aliphatic heterocycles. The van der Waals surface area contributed by atoms with Crippen molar-refractivity contribution in [2.45, 2.75) is 51.4 Å². The molecule has 2 fully saturated rings. The van der Waals surface area contributed by atoms with E-state index in [1.165, 1.54) is 44.2 Å². The van der Waals surface area contributed by atoms with Crippen molar-refractivity contribution >= 4 is 5.78 Å². The standard InChI is InChI=1S/C18H23FO/c19-17-9-5-13(6-10-17)11-18(20)16-8-7-14-3-1-2-4-15(14)12-16/h5-6,9-10,14-16H,1-4,7-8,11-12H2. The Morgan fingerprint density at radius 1 is 1.00 bits per heavy atom. The van der Waals surface area contributed by atoms with E-state index in [1.54, 1.807) is 12.1 Å². The third-order valence-electron chi connectivity index (χ3n) is 5.29. The summed E-state index contributed by atoms with van der Waals surface area (Å²) in [6, 6.07) is 6.36. The van der Waals surface area contributed by atoms with Crippen LogP contribution in [0.2, 0.25) is 0 Å². The summed E-state index contributed by atoms with van der Waals surface area (Å²) in [5, 5.41) is 0. The van der Waals surface area contributed by atoms with Crippen LogP contribution >= 0.6 is 0 Å². The van der Waals surface area contributed by atoms with Gasteiger partial charge in [0, 0.05) is 12.3 Å². The molecule has 1 aromatic carbocycles. The maximum atomic E-state index is 12.9. The highest BCUT2D eigenvalue weighted by Crippen LogP contribution is 2.43. The first-order valence-corrected chi connectivity index (χ1v) is 7.99. The number of halogens is 1. The summed E-state index contributed by atoms with van der Waals surface area (Å²) in [6.07, 6.45) is 9.32. The Morgan fingerprint density at radius 2 is 1.70 bits per heavy atom. The molecule has 0 bridgehead atoms. The van der Waals surface area contributed by atoms with E-state index >= 15 is 0 Å². The molecule has 2 heteroatoms. The van der Waals surface area contributed by atoms with Gasteiger partial charge in [0.05, 0.1) is 0 Å². The van der Waals surface area contributed by atoms with Gasteiger partial charge in [-0.05, 0) is 48.8 Å². The lowest BCUT2D eigenvalue weighted by molar-refractivity contribution is -0.124. The monoisotopic (exact) mass is 274 g/mol. The van der Waals surface area contributed by atoms with Crippen LogP contribution in [-0.2, 0) is 11.2 Å². The molecule has 0 saturated heterocycles. The van der Waals surface area contributed by atoms with Crippen molar-refractivity contribution in [1.82, 2.24) is 0 Å². The van der Waals surface area contributed by atoms with Gasteiger partial charge in [-0.1, -0.05) is 37.8 Å². The minimum absolute atomic E-state index is 0.232. The molecule has 0 N–H and O–H groups in total. The number of carbonyl (C=O) groups excluding carboxylic acids is 1. The van der Waals surface area contributed by atoms with Gasteiger partial charge >= 0.3 is 0 Å². The van der Waals surface area contributed by atoms with Crippen LogP contribution in [0.25, 0.3) is 0 Å². The third-order valence-corrected chi connectivity index (χ3v) is 5.29. The molecule has 1 aromatic rings. The number of rotatable bonds is 3. The van der Waals surface area contributed by atoms with Gasteiger partial charge in [-0.2, -0.15) is 0 Å². The van der Waals surface area contributed by atoms with Gasteiger partial charge in [-0.25, -0.2) is 4.39 Å². The molecule has 108 valence electrons. The molecule has 3 rings (SSSR count). The summed E-state index contributed by atoms with van der Waals surface area (Å²) in [5.41, 5.74) is 0.946. The Labute approximate surface area is 120 Å². The predicted molar refractivity (Wildman–Crippen MR) is 77.9 cm³/mol. The molecular formula is C18H23FO. The quantitative estimate of drug-likeness (QED) is 0.790. The zero-order valence-corrected chi connectivity index (χ0v) is 12.0. The fourth-order valence-corrected chi connectivity index (χ4v) is 4.11. The molecular weight excluding hydrogens is 251 g/mol. The summed E-state index contributed by atoms with van der Waals surface area (Å²) in [6.45, 7) is 0. The van der Waals surface area contributed by atoms with Crippen LogP contribution < -0.4 is 0 Å². The number of hydrogen-bond donors (Lipinski definition) is 0. The third kappa shape index (κ3) is 3.11. The fourth-order valence-electron chi connectivity index (χ4n) is 4.11. The summed E-state index contributed by atoms with van der Waals surface area (Å²) in [5.74, 6) is 2.06. The molecule has 0 spiro atoms. The minimum atomic E-state index is -0.232. The first-order valence-electron chi connectivity index (χ1n) is 7.99. The lowest BCUT2D eigenvalue weighted by Crippen LogP contribution is -2.31. The van der Waals surface area contributed by atoms with Crippen LogP contribution in [0.4, 0.5) is 4.39 Å². The van der Waals surface area contributed by atoms with Crippen molar-refractivity contribution < 1.29 is 9.18 Å². The van der Waals surface area contributed by atoms with Crippen molar-refractivity contribution in [3.63, 3.8) is 0 Å². The molecule has 3 atom stereocenters. The first kappa shape index (κ1) is 13.8. The van der Waals surface area contributed by atoms with Crippen molar-refractivity contribution in [2.75, 3.05) is 0 Å². The SMILES string of the molecule is O=C(Cc1ccc(F)cc1)C1CCC2CCCCC2C1. The second kappa shape index (κ2) is 6.07. The molecule has 0 amide bonds. The van der Waals surface area contributed by atoms with E-state index in [1.807, 2.05) is 0 Å². The lowest BCUT2D eigenvalue weighted by atomic mass is 9.66. The van der Waals surface area contributed by atoms with Crippen molar-refractivity contribution in [3.8, 4) is 0 Å². The first-order chi connectivity index (χ1) is 9.72. The van der Waals surface area contributed by atoms with E-state index in [-0.39, 0.29) is 11.7 Å². The number of carbonyl (C=O) groups is 1. The van der Waals surface area contributed by atoms with E-state index in [0.29, 0.717) is 12.2 Å². The number of hydrogen-bond acceptors (Lipinski definition) is 1. The Balaban J connectivity index is 1.58. The average molecular weight is 274 g/mol. The second-order valence-electron chi connectivity index (χ2n) is 6.58. The van der Waals surface area contributed by atoms with E-state index < -0.39 is 0 Å². The summed E-state index contributed by atoms with van der Waals surface area (Å²) in [4.78, 5) is 12.4. The average Bonchev–Trinajstić information content (AvgIpc) is 2.49. The normalized spacial score (nSPS) is 29.8. The van der Waals surface area contributed by atoms with Gasteiger partial charge in [-0.15, -0.1) is 0 Å². The Hall–Kier alpha value is -1.18. The molecule has 2 aliphatic rings. The predicted octanol–water partition coefficient (Wildman–Crippen LogP) is 4.54. The summed E-state index contributed by atoms with van der Waals surface area (Å²) >= 11 is 0. The maximum absolute atomic E-state index is 12.9. The summed E-state index contributed by atoms with van der Waals surface area (Å²) in [7, 11) is 0. The van der Waals surface area contributed by atoms with Gasteiger partial charge < -0.3 is 0 Å². The van der Waals surface area contributed by atoms with Crippen LogP contribution in [-0.4, -0.2) is 5.78 Å². The van der Waals surface area contributed by atoms with E-state index in [2.05, 4.69) is 0 Å². The Kier molecular flexibility index (Phi) is 4.18. The van der Waals surface area contributed by atoms with Crippen LogP contribution in [0.5, 0.6) is 0 Å². The fraction of sp³-hybridized carbons (Fsp3) is 0.611. The van der Waals surface area contributed by atoms with Gasteiger partial charge in [-0.3, -0.25) is 4.79 Å². The highest BCUT2D eigenvalue weighted by atomic mass is 19.1. The van der Waals surface area contributed by atoms with E-state index in [0.717, 1.165) is 30.2 Å². The molecule has 3 unspecified atom stereocenters. The smallest absolute Gasteiger partial charge is 0.140 e. The highest BCUT2D eigenvalue weighted by Gasteiger charge is 2.34. The second-order valence-corrected chi connectivity index (χ2v) is 6.58. The summed E-state index contributed by atoms with van der Waals surface area (Å²) < 4.78 is 12.9. The zero-order chi connectivity index (χ0) is 13.9. The largest absolute Gasteiger partial charge is 0.299 e. The van der Waals surface area contributed by atoms with Gasteiger partial charge in [0.25, 0.3) is 0 Å². The van der Waals surface area contributed by atoms with Crippen LogP contribution in [0.3, 0.4) is 0 Å². The highest BCUT2D eigenvalue weighted by molar-refractivity contribution is 5.83. The minimum Gasteiger partial charge on any atom is -0.299 e. The lowest BCUT2D eigenvalue weighted by Gasteiger charge is -2.38. The molecule has 0 heterocycles. The van der Waals surface area contributed by atoms with E-state index in [9.17, 15) is 9.18 Å². The topological polar surface area (TPSA) is 17.1 Å². The number of Topliss-reactive ketones (excluding diaryl/α,β-unsaturated/α-hetero) is 1.